The maximum absolute atomic E-state index is 12.2. The van der Waals surface area contributed by atoms with Crippen molar-refractivity contribution in [1.29, 1.82) is 0 Å². The van der Waals surface area contributed by atoms with Crippen LogP contribution in [-0.4, -0.2) is 42.1 Å². The van der Waals surface area contributed by atoms with Crippen LogP contribution in [0.4, 0.5) is 4.79 Å². The summed E-state index contributed by atoms with van der Waals surface area (Å²) < 4.78 is 5.23. The fraction of sp³-hybridized carbons (Fsp3) is 0.818. The molecule has 0 atom stereocenters. The molecule has 1 spiro atoms. The number of rotatable bonds is 3. The molecule has 2 aliphatic heterocycles. The molecule has 0 radical (unpaired) electrons. The normalized spacial score (nSPS) is 23.9. The number of carbonyl (C=O) groups is 2. The maximum atomic E-state index is 12.2. The maximum Gasteiger partial charge on any atom is 0.325 e. The van der Waals surface area contributed by atoms with E-state index in [1.165, 1.54) is 4.90 Å². The molecule has 0 aromatic rings. The number of urea groups is 1. The lowest BCUT2D eigenvalue weighted by Crippen LogP contribution is -2.51. The van der Waals surface area contributed by atoms with E-state index in [1.807, 2.05) is 6.92 Å². The monoisotopic (exact) mass is 226 g/mol. The Morgan fingerprint density at radius 3 is 2.69 bits per heavy atom. The summed E-state index contributed by atoms with van der Waals surface area (Å²) in [5.41, 5.74) is -0.664. The zero-order valence-electron chi connectivity index (χ0n) is 9.62. The topological polar surface area (TPSA) is 58.6 Å². The van der Waals surface area contributed by atoms with E-state index in [9.17, 15) is 9.59 Å². The van der Waals surface area contributed by atoms with Gasteiger partial charge in [-0.3, -0.25) is 9.69 Å². The highest BCUT2D eigenvalue weighted by Crippen LogP contribution is 2.28. The van der Waals surface area contributed by atoms with Gasteiger partial charge in [0.1, 0.15) is 5.54 Å². The van der Waals surface area contributed by atoms with Crippen LogP contribution in [-0.2, 0) is 9.53 Å². The minimum Gasteiger partial charge on any atom is -0.381 e. The Hall–Kier alpha value is -1.10. The summed E-state index contributed by atoms with van der Waals surface area (Å²) in [5, 5.41) is 2.84. The third-order valence-electron chi connectivity index (χ3n) is 3.33. The molecular weight excluding hydrogens is 208 g/mol. The molecule has 0 aliphatic carbocycles. The van der Waals surface area contributed by atoms with Gasteiger partial charge in [0, 0.05) is 32.6 Å². The van der Waals surface area contributed by atoms with Crippen LogP contribution in [0, 0.1) is 0 Å². The number of nitrogens with zero attached hydrogens (tertiary/aromatic N) is 1. The molecule has 3 amide bonds. The molecule has 1 N–H and O–H groups in total. The van der Waals surface area contributed by atoms with Gasteiger partial charge in [0.15, 0.2) is 0 Å². The fourth-order valence-corrected chi connectivity index (χ4v) is 2.25. The molecule has 0 unspecified atom stereocenters. The van der Waals surface area contributed by atoms with Gasteiger partial charge >= 0.3 is 6.03 Å². The Morgan fingerprint density at radius 1 is 1.38 bits per heavy atom. The number of nitrogens with one attached hydrogen (secondary N) is 1. The van der Waals surface area contributed by atoms with E-state index < -0.39 is 5.54 Å². The van der Waals surface area contributed by atoms with Crippen molar-refractivity contribution in [1.82, 2.24) is 10.2 Å². The first kappa shape index (κ1) is 11.4. The first-order chi connectivity index (χ1) is 7.69. The van der Waals surface area contributed by atoms with Crippen LogP contribution in [0.2, 0.25) is 0 Å². The van der Waals surface area contributed by atoms with Gasteiger partial charge in [0.2, 0.25) is 0 Å². The van der Waals surface area contributed by atoms with Crippen LogP contribution in [0.15, 0.2) is 0 Å². The van der Waals surface area contributed by atoms with Crippen molar-refractivity contribution in [2.45, 2.75) is 38.1 Å². The quantitative estimate of drug-likeness (QED) is 0.727. The lowest BCUT2D eigenvalue weighted by molar-refractivity contribution is -0.134. The van der Waals surface area contributed by atoms with Gasteiger partial charge in [-0.25, -0.2) is 4.79 Å². The first-order valence-electron chi connectivity index (χ1n) is 5.91. The molecule has 16 heavy (non-hydrogen) atoms. The van der Waals surface area contributed by atoms with Crippen LogP contribution in [0.3, 0.4) is 0 Å². The largest absolute Gasteiger partial charge is 0.381 e. The molecule has 5 nitrogen and oxygen atoms in total. The van der Waals surface area contributed by atoms with Gasteiger partial charge in [-0.2, -0.15) is 0 Å². The van der Waals surface area contributed by atoms with Gasteiger partial charge in [0.05, 0.1) is 0 Å². The lowest BCUT2D eigenvalue weighted by atomic mass is 9.90. The van der Waals surface area contributed by atoms with Gasteiger partial charge in [-0.1, -0.05) is 13.3 Å². The smallest absolute Gasteiger partial charge is 0.325 e. The van der Waals surface area contributed by atoms with Gasteiger partial charge < -0.3 is 10.1 Å². The zero-order valence-corrected chi connectivity index (χ0v) is 9.62. The summed E-state index contributed by atoms with van der Waals surface area (Å²) in [6.07, 6.45) is 3.04. The summed E-state index contributed by atoms with van der Waals surface area (Å²) in [4.78, 5) is 25.3. The second kappa shape index (κ2) is 4.41. The standard InChI is InChI=1S/C11H18N2O3/c1-2-3-6-13-9(14)11(12-10(13)15)4-7-16-8-5-11/h2-8H2,1H3,(H,12,15). The average molecular weight is 226 g/mol. The Kier molecular flexibility index (Phi) is 3.14. The number of ether oxygens (including phenoxy) is 1. The predicted octanol–water partition coefficient (Wildman–Crippen LogP) is 0.887. The Morgan fingerprint density at radius 2 is 2.06 bits per heavy atom. The second-order valence-corrected chi connectivity index (χ2v) is 4.43. The van der Waals surface area contributed by atoms with Crippen molar-refractivity contribution in [2.24, 2.45) is 0 Å². The second-order valence-electron chi connectivity index (χ2n) is 4.43. The van der Waals surface area contributed by atoms with Gasteiger partial charge in [0.25, 0.3) is 5.91 Å². The third-order valence-corrected chi connectivity index (χ3v) is 3.33. The van der Waals surface area contributed by atoms with Crippen molar-refractivity contribution >= 4 is 11.9 Å². The summed E-state index contributed by atoms with van der Waals surface area (Å²) in [7, 11) is 0. The molecule has 5 heteroatoms. The predicted molar refractivity (Wildman–Crippen MR) is 57.9 cm³/mol. The highest BCUT2D eigenvalue weighted by Gasteiger charge is 2.51. The molecule has 2 rings (SSSR count). The van der Waals surface area contributed by atoms with Gasteiger partial charge in [-0.05, 0) is 6.42 Å². The average Bonchev–Trinajstić information content (AvgIpc) is 2.50. The third kappa shape index (κ3) is 1.80. The number of unbranched alkanes of at least 4 members (excludes halogenated alkanes) is 1. The number of carbonyl (C=O) groups excluding carboxylic acids is 2. The van der Waals surface area contributed by atoms with Crippen molar-refractivity contribution in [3.8, 4) is 0 Å². The van der Waals surface area contributed by atoms with Crippen LogP contribution in [0.1, 0.15) is 32.6 Å². The van der Waals surface area contributed by atoms with Crippen LogP contribution >= 0.6 is 0 Å². The molecule has 90 valence electrons. The summed E-state index contributed by atoms with van der Waals surface area (Å²) in [5.74, 6) is -0.0609. The summed E-state index contributed by atoms with van der Waals surface area (Å²) in [6.45, 7) is 3.67. The SMILES string of the molecule is CCCCN1C(=O)NC2(CCOCC2)C1=O. The molecule has 2 heterocycles. The Labute approximate surface area is 95.1 Å². The molecule has 0 aromatic carbocycles. The molecule has 0 bridgehead atoms. The highest BCUT2D eigenvalue weighted by molar-refractivity contribution is 6.07. The van der Waals surface area contributed by atoms with E-state index in [4.69, 9.17) is 4.74 Å². The zero-order chi connectivity index (χ0) is 11.6. The minimum absolute atomic E-state index is 0.0609. The van der Waals surface area contributed by atoms with Crippen LogP contribution in [0.25, 0.3) is 0 Å². The molecule has 0 aromatic heterocycles. The molecule has 2 aliphatic rings. The minimum atomic E-state index is -0.664. The molecular formula is C11H18N2O3. The first-order valence-corrected chi connectivity index (χ1v) is 5.91. The summed E-state index contributed by atoms with van der Waals surface area (Å²) in [6, 6.07) is -0.236. The number of imide groups is 1. The lowest BCUT2D eigenvalue weighted by Gasteiger charge is -2.30. The summed E-state index contributed by atoms with van der Waals surface area (Å²) >= 11 is 0. The van der Waals surface area contributed by atoms with Gasteiger partial charge in [-0.15, -0.1) is 0 Å². The fourth-order valence-electron chi connectivity index (χ4n) is 2.25. The van der Waals surface area contributed by atoms with Crippen molar-refractivity contribution in [2.75, 3.05) is 19.8 Å². The van der Waals surface area contributed by atoms with Crippen molar-refractivity contribution in [3.63, 3.8) is 0 Å². The Balaban J connectivity index is 2.08. The molecule has 2 saturated heterocycles. The van der Waals surface area contributed by atoms with E-state index in [-0.39, 0.29) is 11.9 Å². The van der Waals surface area contributed by atoms with E-state index in [0.717, 1.165) is 12.8 Å². The van der Waals surface area contributed by atoms with E-state index in [0.29, 0.717) is 32.6 Å². The number of amides is 3. The van der Waals surface area contributed by atoms with Crippen molar-refractivity contribution < 1.29 is 14.3 Å². The molecule has 2 fully saturated rings. The van der Waals surface area contributed by atoms with Crippen LogP contribution < -0.4 is 5.32 Å². The highest BCUT2D eigenvalue weighted by atomic mass is 16.5. The van der Waals surface area contributed by atoms with E-state index >= 15 is 0 Å². The van der Waals surface area contributed by atoms with E-state index in [2.05, 4.69) is 5.32 Å². The number of hydrogen-bond donors (Lipinski definition) is 1. The molecule has 0 saturated carbocycles. The van der Waals surface area contributed by atoms with Crippen LogP contribution in [0.5, 0.6) is 0 Å². The van der Waals surface area contributed by atoms with Crippen molar-refractivity contribution in [3.05, 3.63) is 0 Å². The Bertz CT molecular complexity index is 298. The number of hydrogen-bond acceptors (Lipinski definition) is 3. The van der Waals surface area contributed by atoms with E-state index in [1.54, 1.807) is 0 Å².